The summed E-state index contributed by atoms with van der Waals surface area (Å²) in [5.41, 5.74) is 14.9. The van der Waals surface area contributed by atoms with E-state index >= 15 is 0 Å². The van der Waals surface area contributed by atoms with Crippen molar-refractivity contribution in [2.45, 2.75) is 24.7 Å². The molecule has 1 aromatic heterocycles. The van der Waals surface area contributed by atoms with Crippen molar-refractivity contribution in [1.82, 2.24) is 15.0 Å². The Balaban J connectivity index is 1.17. The Morgan fingerprint density at radius 1 is 0.375 bits per heavy atom. The molecule has 11 rings (SSSR count). The van der Waals surface area contributed by atoms with Crippen LogP contribution in [0, 0.1) is 0 Å². The van der Waals surface area contributed by atoms with Gasteiger partial charge < -0.3 is 0 Å². The molecule has 0 fully saturated rings. The first-order chi connectivity index (χ1) is 27.5. The van der Waals surface area contributed by atoms with Gasteiger partial charge in [-0.3, -0.25) is 0 Å². The smallest absolute Gasteiger partial charge is 0.164 e. The number of aromatic nitrogens is 3. The monoisotopic (exact) mass is 715 g/mol. The van der Waals surface area contributed by atoms with Gasteiger partial charge in [0.1, 0.15) is 0 Å². The molecule has 9 aromatic rings. The Kier molecular flexibility index (Phi) is 7.11. The third kappa shape index (κ3) is 4.61. The normalized spacial score (nSPS) is 15.9. The van der Waals surface area contributed by atoms with Gasteiger partial charge in [-0.25, -0.2) is 15.0 Å². The van der Waals surface area contributed by atoms with Crippen LogP contribution in [-0.4, -0.2) is 15.0 Å². The number of nitrogens with zero attached hydrogens (tertiary/aromatic N) is 3. The fraction of sp³-hybridized carbons (Fsp3) is 0.0755. The van der Waals surface area contributed by atoms with Crippen molar-refractivity contribution in [3.8, 4) is 56.4 Å². The summed E-state index contributed by atoms with van der Waals surface area (Å²) in [4.78, 5) is 15.4. The van der Waals surface area contributed by atoms with Crippen LogP contribution in [0.25, 0.3) is 67.2 Å². The molecule has 56 heavy (non-hydrogen) atoms. The molecule has 1 atom stereocenters. The first-order valence-corrected chi connectivity index (χ1v) is 19.4. The third-order valence-electron chi connectivity index (χ3n) is 12.2. The van der Waals surface area contributed by atoms with Crippen LogP contribution in [0.5, 0.6) is 0 Å². The molecule has 0 amide bonds. The molecule has 3 nitrogen and oxygen atoms in total. The van der Waals surface area contributed by atoms with E-state index in [-0.39, 0.29) is 5.41 Å². The molecule has 0 aliphatic heterocycles. The van der Waals surface area contributed by atoms with Crippen molar-refractivity contribution >= 4 is 10.8 Å². The van der Waals surface area contributed by atoms with Gasteiger partial charge in [-0.2, -0.15) is 0 Å². The predicted octanol–water partition coefficient (Wildman–Crippen LogP) is 12.7. The van der Waals surface area contributed by atoms with E-state index in [1.54, 1.807) is 0 Å². The van der Waals surface area contributed by atoms with Gasteiger partial charge in [0.25, 0.3) is 0 Å². The van der Waals surface area contributed by atoms with Crippen LogP contribution >= 0.6 is 0 Å². The van der Waals surface area contributed by atoms with Crippen LogP contribution < -0.4 is 0 Å². The second-order valence-electron chi connectivity index (χ2n) is 15.5. The second kappa shape index (κ2) is 12.3. The molecule has 2 aliphatic carbocycles. The Bertz CT molecular complexity index is 2930. The summed E-state index contributed by atoms with van der Waals surface area (Å²) in [5.74, 6) is 2.00. The lowest BCUT2D eigenvalue weighted by atomic mass is 9.66. The van der Waals surface area contributed by atoms with E-state index in [2.05, 4.69) is 166 Å². The van der Waals surface area contributed by atoms with E-state index in [1.165, 1.54) is 66.4 Å². The van der Waals surface area contributed by atoms with Crippen LogP contribution in [0.4, 0.5) is 0 Å². The molecule has 2 aliphatic rings. The number of rotatable bonds is 5. The lowest BCUT2D eigenvalue weighted by Crippen LogP contribution is -2.29. The number of hydrogen-bond acceptors (Lipinski definition) is 3. The average Bonchev–Trinajstić information content (AvgIpc) is 3.70. The van der Waals surface area contributed by atoms with Gasteiger partial charge >= 0.3 is 0 Å². The van der Waals surface area contributed by atoms with E-state index in [4.69, 9.17) is 15.0 Å². The molecule has 264 valence electrons. The molecule has 1 heterocycles. The van der Waals surface area contributed by atoms with E-state index in [1.807, 2.05) is 36.4 Å². The molecule has 1 unspecified atom stereocenters. The van der Waals surface area contributed by atoms with Crippen LogP contribution in [0.2, 0.25) is 0 Å². The van der Waals surface area contributed by atoms with Crippen LogP contribution in [0.3, 0.4) is 0 Å². The molecular weight excluding hydrogens is 679 g/mol. The van der Waals surface area contributed by atoms with Gasteiger partial charge in [0.15, 0.2) is 17.5 Å². The van der Waals surface area contributed by atoms with E-state index < -0.39 is 5.41 Å². The van der Waals surface area contributed by atoms with Crippen molar-refractivity contribution in [3.63, 3.8) is 0 Å². The highest BCUT2D eigenvalue weighted by molar-refractivity contribution is 6.00. The standard InChI is InChI=1S/C53H37N3/c1-52(2)45-28-16-26-43(51-55-49(35-18-6-3-7-19-35)54-50(56-51)36-20-8-4-9-21-36)47(45)42-32-30-38(33-46(42)52)53(37-22-10-5-11-23-37)44-27-15-14-25-40(44)41-31-29-34-17-12-13-24-39(34)48(41)53/h3-33H,1-2H3. The minimum atomic E-state index is -0.528. The third-order valence-corrected chi connectivity index (χ3v) is 12.2. The van der Waals surface area contributed by atoms with Gasteiger partial charge in [-0.1, -0.05) is 202 Å². The minimum absolute atomic E-state index is 0.286. The van der Waals surface area contributed by atoms with Gasteiger partial charge in [0.2, 0.25) is 0 Å². The summed E-state index contributed by atoms with van der Waals surface area (Å²) in [6.07, 6.45) is 0. The molecule has 3 heteroatoms. The Morgan fingerprint density at radius 3 is 1.68 bits per heavy atom. The first kappa shape index (κ1) is 32.5. The molecule has 0 saturated carbocycles. The first-order valence-electron chi connectivity index (χ1n) is 19.4. The summed E-state index contributed by atoms with van der Waals surface area (Å²) >= 11 is 0. The quantitative estimate of drug-likeness (QED) is 0.178. The van der Waals surface area contributed by atoms with E-state index in [9.17, 15) is 0 Å². The zero-order chi connectivity index (χ0) is 37.4. The molecule has 8 aromatic carbocycles. The molecule has 0 saturated heterocycles. The molecule has 0 N–H and O–H groups in total. The van der Waals surface area contributed by atoms with Gasteiger partial charge in [0, 0.05) is 22.1 Å². The Morgan fingerprint density at radius 2 is 0.946 bits per heavy atom. The van der Waals surface area contributed by atoms with Crippen LogP contribution in [-0.2, 0) is 10.8 Å². The maximum atomic E-state index is 5.19. The predicted molar refractivity (Wildman–Crippen MR) is 229 cm³/mol. The number of hydrogen-bond donors (Lipinski definition) is 0. The summed E-state index contributed by atoms with van der Waals surface area (Å²) in [7, 11) is 0. The second-order valence-corrected chi connectivity index (χ2v) is 15.5. The fourth-order valence-corrected chi connectivity index (χ4v) is 9.67. The van der Waals surface area contributed by atoms with Crippen molar-refractivity contribution in [2.24, 2.45) is 0 Å². The van der Waals surface area contributed by atoms with Gasteiger partial charge in [-0.15, -0.1) is 0 Å². The summed E-state index contributed by atoms with van der Waals surface area (Å²) in [6.45, 7) is 4.73. The summed E-state index contributed by atoms with van der Waals surface area (Å²) < 4.78 is 0. The van der Waals surface area contributed by atoms with Gasteiger partial charge in [-0.05, 0) is 66.4 Å². The summed E-state index contributed by atoms with van der Waals surface area (Å²) in [5, 5.41) is 2.54. The zero-order valence-corrected chi connectivity index (χ0v) is 31.2. The fourth-order valence-electron chi connectivity index (χ4n) is 9.67. The van der Waals surface area contributed by atoms with Crippen LogP contribution in [0.15, 0.2) is 188 Å². The maximum absolute atomic E-state index is 5.19. The highest BCUT2D eigenvalue weighted by Gasteiger charge is 2.48. The molecular formula is C53H37N3. The average molecular weight is 716 g/mol. The van der Waals surface area contributed by atoms with Crippen molar-refractivity contribution in [2.75, 3.05) is 0 Å². The van der Waals surface area contributed by atoms with E-state index in [0.717, 1.165) is 16.7 Å². The van der Waals surface area contributed by atoms with Crippen molar-refractivity contribution in [3.05, 3.63) is 221 Å². The van der Waals surface area contributed by atoms with Crippen molar-refractivity contribution in [1.29, 1.82) is 0 Å². The lowest BCUT2D eigenvalue weighted by Gasteiger charge is -2.35. The topological polar surface area (TPSA) is 38.7 Å². The Labute approximate surface area is 327 Å². The van der Waals surface area contributed by atoms with Crippen LogP contribution in [0.1, 0.15) is 47.2 Å². The maximum Gasteiger partial charge on any atom is 0.164 e. The number of fused-ring (bicyclic) bond motifs is 8. The highest BCUT2D eigenvalue weighted by Crippen LogP contribution is 2.60. The lowest BCUT2D eigenvalue weighted by molar-refractivity contribution is 0.656. The zero-order valence-electron chi connectivity index (χ0n) is 31.2. The van der Waals surface area contributed by atoms with E-state index in [0.29, 0.717) is 17.5 Å². The SMILES string of the molecule is CC1(C)c2cc(C3(c4ccccc4)c4ccccc4-c4ccc5ccccc5c43)ccc2-c2c(-c3nc(-c4ccccc4)nc(-c4ccccc4)n3)cccc21. The highest BCUT2D eigenvalue weighted by atomic mass is 15.0. The molecule has 0 spiro atoms. The molecule has 0 radical (unpaired) electrons. The largest absolute Gasteiger partial charge is 0.208 e. The summed E-state index contributed by atoms with van der Waals surface area (Å²) in [6, 6.07) is 68.0. The number of benzene rings is 8. The Hall–Kier alpha value is -6.97. The minimum Gasteiger partial charge on any atom is -0.208 e. The van der Waals surface area contributed by atoms with Crippen molar-refractivity contribution < 1.29 is 0 Å². The van der Waals surface area contributed by atoms with Gasteiger partial charge in [0.05, 0.1) is 5.41 Å². The molecule has 0 bridgehead atoms.